The lowest BCUT2D eigenvalue weighted by molar-refractivity contribution is -0.184. The Hall–Kier alpha value is -1.65. The van der Waals surface area contributed by atoms with E-state index in [9.17, 15) is 14.4 Å². The van der Waals surface area contributed by atoms with Crippen LogP contribution in [0.3, 0.4) is 0 Å². The van der Waals surface area contributed by atoms with Crippen molar-refractivity contribution in [3.63, 3.8) is 0 Å². The van der Waals surface area contributed by atoms with E-state index in [1.807, 2.05) is 13.8 Å². The second-order valence-electron chi connectivity index (χ2n) is 7.14. The first-order chi connectivity index (χ1) is 9.49. The fraction of sp³-hybridized carbons (Fsp3) is 0.688. The maximum absolute atomic E-state index is 12.5. The molecule has 1 aliphatic heterocycles. The number of hydrogen-bond acceptors (Lipinski definition) is 4. The quantitative estimate of drug-likeness (QED) is 0.589. The van der Waals surface area contributed by atoms with Crippen molar-refractivity contribution >= 4 is 17.8 Å². The zero-order chi connectivity index (χ0) is 16.2. The Morgan fingerprint density at radius 1 is 1.24 bits per heavy atom. The molecular formula is C16H23NO4. The summed E-state index contributed by atoms with van der Waals surface area (Å²) < 4.78 is 5.52. The molecular weight excluding hydrogens is 270 g/mol. The Labute approximate surface area is 125 Å². The van der Waals surface area contributed by atoms with Gasteiger partial charge in [0.25, 0.3) is 11.8 Å². The largest absolute Gasteiger partial charge is 0.439 e. The molecule has 2 unspecified atom stereocenters. The molecule has 1 fully saturated rings. The van der Waals surface area contributed by atoms with Crippen LogP contribution in [0.25, 0.3) is 0 Å². The van der Waals surface area contributed by atoms with E-state index in [4.69, 9.17) is 4.74 Å². The Morgan fingerprint density at radius 2 is 1.71 bits per heavy atom. The average Bonchev–Trinajstić information content (AvgIpc) is 2.60. The standard InChI is InChI=1S/C16H23NO4/c1-7-16(6)12(14(16,2)3)13(20)21-15(4,5)17-10(18)8-9-11(17)19/h8-9,12H,7H2,1-6H3. The van der Waals surface area contributed by atoms with Gasteiger partial charge < -0.3 is 4.74 Å². The second-order valence-corrected chi connectivity index (χ2v) is 7.14. The number of carbonyl (C=O) groups excluding carboxylic acids is 3. The Bertz CT molecular complexity index is 528. The van der Waals surface area contributed by atoms with Crippen LogP contribution in [0.1, 0.15) is 48.0 Å². The first-order valence-corrected chi connectivity index (χ1v) is 7.28. The van der Waals surface area contributed by atoms with Gasteiger partial charge in [0, 0.05) is 12.2 Å². The van der Waals surface area contributed by atoms with Crippen LogP contribution in [0.4, 0.5) is 0 Å². The molecule has 0 spiro atoms. The summed E-state index contributed by atoms with van der Waals surface area (Å²) in [4.78, 5) is 36.9. The van der Waals surface area contributed by atoms with E-state index in [0.29, 0.717) is 0 Å². The van der Waals surface area contributed by atoms with Crippen LogP contribution in [0.15, 0.2) is 12.2 Å². The summed E-state index contributed by atoms with van der Waals surface area (Å²) in [6.45, 7) is 11.3. The topological polar surface area (TPSA) is 63.7 Å². The normalized spacial score (nSPS) is 30.8. The highest BCUT2D eigenvalue weighted by Crippen LogP contribution is 2.70. The monoisotopic (exact) mass is 293 g/mol. The van der Waals surface area contributed by atoms with Crippen LogP contribution in [-0.2, 0) is 19.1 Å². The maximum Gasteiger partial charge on any atom is 0.312 e. The van der Waals surface area contributed by atoms with Crippen LogP contribution in [0.2, 0.25) is 0 Å². The molecule has 2 atom stereocenters. The van der Waals surface area contributed by atoms with E-state index in [-0.39, 0.29) is 22.7 Å². The predicted molar refractivity (Wildman–Crippen MR) is 76.8 cm³/mol. The zero-order valence-electron chi connectivity index (χ0n) is 13.5. The highest BCUT2D eigenvalue weighted by atomic mass is 16.6. The molecule has 5 nitrogen and oxygen atoms in total. The van der Waals surface area contributed by atoms with E-state index in [2.05, 4.69) is 13.8 Å². The molecule has 0 aromatic heterocycles. The van der Waals surface area contributed by atoms with Crippen LogP contribution in [0, 0.1) is 16.7 Å². The minimum atomic E-state index is -1.28. The number of carbonyl (C=O) groups is 3. The fourth-order valence-corrected chi connectivity index (χ4v) is 3.57. The predicted octanol–water partition coefficient (Wildman–Crippen LogP) is 2.26. The summed E-state index contributed by atoms with van der Waals surface area (Å²) in [5.74, 6) is -1.46. The third kappa shape index (κ3) is 2.10. The van der Waals surface area contributed by atoms with Gasteiger partial charge in [0.2, 0.25) is 0 Å². The molecule has 1 aliphatic carbocycles. The van der Waals surface area contributed by atoms with Gasteiger partial charge in [-0.2, -0.15) is 0 Å². The fourth-order valence-electron chi connectivity index (χ4n) is 3.57. The molecule has 116 valence electrons. The third-order valence-corrected chi connectivity index (χ3v) is 5.42. The van der Waals surface area contributed by atoms with Crippen molar-refractivity contribution in [1.82, 2.24) is 4.90 Å². The van der Waals surface area contributed by atoms with E-state index in [1.165, 1.54) is 12.2 Å². The Morgan fingerprint density at radius 3 is 2.10 bits per heavy atom. The molecule has 1 saturated carbocycles. The molecule has 21 heavy (non-hydrogen) atoms. The molecule has 0 saturated heterocycles. The van der Waals surface area contributed by atoms with E-state index in [0.717, 1.165) is 11.3 Å². The van der Waals surface area contributed by atoms with Crippen molar-refractivity contribution in [1.29, 1.82) is 0 Å². The Kier molecular flexibility index (Phi) is 3.31. The van der Waals surface area contributed by atoms with Crippen molar-refractivity contribution in [2.24, 2.45) is 16.7 Å². The highest BCUT2D eigenvalue weighted by Gasteiger charge is 2.71. The van der Waals surface area contributed by atoms with Gasteiger partial charge in [-0.05, 0) is 31.1 Å². The maximum atomic E-state index is 12.5. The number of imide groups is 1. The lowest BCUT2D eigenvalue weighted by Gasteiger charge is -2.33. The molecule has 0 aromatic carbocycles. The van der Waals surface area contributed by atoms with Gasteiger partial charge >= 0.3 is 5.97 Å². The smallest absolute Gasteiger partial charge is 0.312 e. The minimum Gasteiger partial charge on any atom is -0.439 e. The molecule has 1 heterocycles. The van der Waals surface area contributed by atoms with Gasteiger partial charge in [-0.1, -0.05) is 27.7 Å². The first kappa shape index (κ1) is 15.7. The molecule has 2 aliphatic rings. The third-order valence-electron chi connectivity index (χ3n) is 5.42. The molecule has 2 rings (SSSR count). The van der Waals surface area contributed by atoms with Crippen molar-refractivity contribution in [3.8, 4) is 0 Å². The van der Waals surface area contributed by atoms with Crippen LogP contribution < -0.4 is 0 Å². The van der Waals surface area contributed by atoms with Crippen molar-refractivity contribution in [3.05, 3.63) is 12.2 Å². The molecule has 0 radical (unpaired) electrons. The number of nitrogens with zero attached hydrogens (tertiary/aromatic N) is 1. The lowest BCUT2D eigenvalue weighted by atomic mass is 9.96. The summed E-state index contributed by atoms with van der Waals surface area (Å²) in [6, 6.07) is 0. The lowest BCUT2D eigenvalue weighted by Crippen LogP contribution is -2.51. The summed E-state index contributed by atoms with van der Waals surface area (Å²) in [5, 5.41) is 0. The van der Waals surface area contributed by atoms with Crippen molar-refractivity contribution < 1.29 is 19.1 Å². The summed E-state index contributed by atoms with van der Waals surface area (Å²) >= 11 is 0. The molecule has 0 bridgehead atoms. The summed E-state index contributed by atoms with van der Waals surface area (Å²) in [5.41, 5.74) is -1.51. The van der Waals surface area contributed by atoms with Crippen LogP contribution >= 0.6 is 0 Å². The minimum absolute atomic E-state index is 0.0998. The second kappa shape index (κ2) is 4.42. The van der Waals surface area contributed by atoms with Gasteiger partial charge in [0.15, 0.2) is 5.72 Å². The van der Waals surface area contributed by atoms with Crippen molar-refractivity contribution in [2.75, 3.05) is 0 Å². The van der Waals surface area contributed by atoms with Gasteiger partial charge in [-0.25, -0.2) is 4.90 Å². The number of esters is 1. The first-order valence-electron chi connectivity index (χ1n) is 7.28. The SMILES string of the molecule is CCC1(C)C(C(=O)OC(C)(C)N2C(=O)C=CC2=O)C1(C)C. The molecule has 5 heteroatoms. The highest BCUT2D eigenvalue weighted by molar-refractivity contribution is 6.13. The van der Waals surface area contributed by atoms with Crippen LogP contribution in [-0.4, -0.2) is 28.4 Å². The summed E-state index contributed by atoms with van der Waals surface area (Å²) in [7, 11) is 0. The number of rotatable bonds is 4. The summed E-state index contributed by atoms with van der Waals surface area (Å²) in [6.07, 6.45) is 3.26. The van der Waals surface area contributed by atoms with Gasteiger partial charge in [0.05, 0.1) is 5.92 Å². The number of hydrogen-bond donors (Lipinski definition) is 0. The molecule has 2 amide bonds. The van der Waals surface area contributed by atoms with Crippen molar-refractivity contribution in [2.45, 2.75) is 53.7 Å². The Balaban J connectivity index is 2.14. The van der Waals surface area contributed by atoms with E-state index in [1.54, 1.807) is 13.8 Å². The van der Waals surface area contributed by atoms with Gasteiger partial charge in [-0.3, -0.25) is 14.4 Å². The zero-order valence-corrected chi connectivity index (χ0v) is 13.5. The van der Waals surface area contributed by atoms with Gasteiger partial charge in [0.1, 0.15) is 0 Å². The van der Waals surface area contributed by atoms with E-state index < -0.39 is 17.5 Å². The number of ether oxygens (including phenoxy) is 1. The molecule has 0 aromatic rings. The number of amides is 2. The van der Waals surface area contributed by atoms with Gasteiger partial charge in [-0.15, -0.1) is 0 Å². The van der Waals surface area contributed by atoms with Crippen LogP contribution in [0.5, 0.6) is 0 Å². The average molecular weight is 293 g/mol. The molecule has 0 N–H and O–H groups in total. The van der Waals surface area contributed by atoms with E-state index >= 15 is 0 Å².